The number of nitriles is 4. The number of ketones is 2. The molecule has 9 aromatic rings. The highest BCUT2D eigenvalue weighted by molar-refractivity contribution is 7.17. The van der Waals surface area contributed by atoms with Gasteiger partial charge in [-0.05, 0) is 213 Å². The maximum atomic E-state index is 15.3. The first-order valence-electron chi connectivity index (χ1n) is 36.0. The predicted octanol–water partition coefficient (Wildman–Crippen LogP) is 23.5. The van der Waals surface area contributed by atoms with Crippen LogP contribution in [0.1, 0.15) is 239 Å². The Kier molecular flexibility index (Phi) is 20.5. The molecule has 4 aliphatic rings. The van der Waals surface area contributed by atoms with Crippen molar-refractivity contribution in [1.82, 2.24) is 0 Å². The highest BCUT2D eigenvalue weighted by atomic mass is 32.1. The van der Waals surface area contributed by atoms with Crippen LogP contribution in [-0.2, 0) is 36.5 Å². The first-order chi connectivity index (χ1) is 48.9. The average molecular weight is 1350 g/mol. The van der Waals surface area contributed by atoms with E-state index in [0.717, 1.165) is 178 Å². The second-order valence-corrected chi connectivity index (χ2v) is 29.5. The SMILES string of the molecule is CCCCCCc1ccc(C2(c3ccc(CCCCCC)cc3)c3cc4c(cc3-c3sc(/C=C5\C(=O)c6ccc(F)cc6C5=C(C#N)C#N)cc32)C(c2ccc(CCCCCC)cc2)(c2ccc(CCCCCC)cc2)c2cc(/C=C3\C(=O)c5ccc(F)cc5C3=C(C#N)C#N)sc2-4)cc1. The number of nitrogens with zero attached hydrogens (tertiary/aromatic N) is 4. The van der Waals surface area contributed by atoms with E-state index >= 15 is 8.78 Å². The molecule has 0 atom stereocenters. The number of halogens is 2. The topological polar surface area (TPSA) is 129 Å². The smallest absolute Gasteiger partial charge is 0.194 e. The molecule has 0 unspecified atom stereocenters. The Morgan fingerprint density at radius 2 is 0.660 bits per heavy atom. The molecule has 7 aromatic carbocycles. The number of allylic oxidation sites excluding steroid dienone is 6. The van der Waals surface area contributed by atoms with Gasteiger partial charge in [0.25, 0.3) is 0 Å². The van der Waals surface area contributed by atoms with Gasteiger partial charge in [0.2, 0.25) is 0 Å². The van der Waals surface area contributed by atoms with Gasteiger partial charge in [-0.25, -0.2) is 8.78 Å². The first-order valence-corrected chi connectivity index (χ1v) is 37.6. The Hall–Kier alpha value is -9.94. The van der Waals surface area contributed by atoms with Crippen molar-refractivity contribution in [2.24, 2.45) is 0 Å². The molecule has 0 saturated carbocycles. The van der Waals surface area contributed by atoms with Gasteiger partial charge in [-0.1, -0.05) is 202 Å². The summed E-state index contributed by atoms with van der Waals surface area (Å²) in [5.41, 5.74) is 14.4. The van der Waals surface area contributed by atoms with E-state index in [1.807, 2.05) is 24.3 Å². The molecule has 0 saturated heterocycles. The molecule has 100 heavy (non-hydrogen) atoms. The highest BCUT2D eigenvalue weighted by Gasteiger charge is 2.53. The van der Waals surface area contributed by atoms with Gasteiger partial charge in [-0.2, -0.15) is 21.0 Å². The molecule has 4 aliphatic carbocycles. The quantitative estimate of drug-likeness (QED) is 0.0302. The van der Waals surface area contributed by atoms with Gasteiger partial charge in [0.05, 0.1) is 10.8 Å². The van der Waals surface area contributed by atoms with Gasteiger partial charge in [0.15, 0.2) is 11.6 Å². The van der Waals surface area contributed by atoms with Crippen LogP contribution in [0.5, 0.6) is 0 Å². The minimum atomic E-state index is -0.975. The Bertz CT molecular complexity index is 4530. The van der Waals surface area contributed by atoms with Crippen LogP contribution < -0.4 is 0 Å². The molecule has 0 N–H and O–H groups in total. The molecular formula is C90H80F2N4O2S2. The minimum absolute atomic E-state index is 0.120. The highest BCUT2D eigenvalue weighted by Crippen LogP contribution is 2.66. The summed E-state index contributed by atoms with van der Waals surface area (Å²) in [5, 5.41) is 42.0. The Morgan fingerprint density at radius 3 is 0.940 bits per heavy atom. The number of carbonyl (C=O) groups is 2. The first kappa shape index (κ1) is 68.6. The normalized spacial score (nSPS) is 14.9. The molecule has 13 rings (SSSR count). The second-order valence-electron chi connectivity index (χ2n) is 27.4. The maximum absolute atomic E-state index is 15.3. The third-order valence-electron chi connectivity index (χ3n) is 21.1. The zero-order valence-electron chi connectivity index (χ0n) is 57.5. The molecule has 0 spiro atoms. The van der Waals surface area contributed by atoms with E-state index in [2.05, 4.69) is 149 Å². The lowest BCUT2D eigenvalue weighted by atomic mass is 9.65. The van der Waals surface area contributed by atoms with Crippen LogP contribution in [0.15, 0.2) is 180 Å². The molecule has 2 heterocycles. The van der Waals surface area contributed by atoms with Crippen molar-refractivity contribution >= 4 is 57.5 Å². The number of rotatable bonds is 26. The van der Waals surface area contributed by atoms with Crippen molar-refractivity contribution in [2.75, 3.05) is 0 Å². The van der Waals surface area contributed by atoms with Crippen molar-refractivity contribution in [3.63, 3.8) is 0 Å². The molecule has 0 aliphatic heterocycles. The lowest BCUT2D eigenvalue weighted by Gasteiger charge is -2.35. The van der Waals surface area contributed by atoms with Crippen LogP contribution in [0.3, 0.4) is 0 Å². The number of hydrogen-bond acceptors (Lipinski definition) is 8. The lowest BCUT2D eigenvalue weighted by molar-refractivity contribution is 0.103. The van der Waals surface area contributed by atoms with E-state index < -0.39 is 34.0 Å². The summed E-state index contributed by atoms with van der Waals surface area (Å²) in [6.07, 6.45) is 25.5. The third-order valence-corrected chi connectivity index (χ3v) is 23.4. The Balaban J connectivity index is 1.11. The van der Waals surface area contributed by atoms with Crippen molar-refractivity contribution in [3.05, 3.63) is 290 Å². The molecular weight excluding hydrogens is 1270 g/mol. The van der Waals surface area contributed by atoms with Gasteiger partial charge in [0.1, 0.15) is 47.1 Å². The van der Waals surface area contributed by atoms with E-state index in [1.54, 1.807) is 34.8 Å². The number of thiophene rings is 2. The van der Waals surface area contributed by atoms with E-state index in [-0.39, 0.29) is 55.7 Å². The predicted molar refractivity (Wildman–Crippen MR) is 402 cm³/mol. The molecule has 0 bridgehead atoms. The largest absolute Gasteiger partial charge is 0.289 e. The number of Topliss-reactive ketones (excluding diaryl/α,β-unsaturated/α-hetero) is 2. The number of hydrogen-bond donors (Lipinski definition) is 0. The second kappa shape index (κ2) is 29.9. The van der Waals surface area contributed by atoms with Gasteiger partial charge in [0, 0.05) is 52.9 Å². The fourth-order valence-electron chi connectivity index (χ4n) is 16.1. The summed E-state index contributed by atoms with van der Waals surface area (Å²) < 4.78 is 30.5. The van der Waals surface area contributed by atoms with Gasteiger partial charge < -0.3 is 0 Å². The zero-order chi connectivity index (χ0) is 69.7. The van der Waals surface area contributed by atoms with Crippen LogP contribution >= 0.6 is 22.7 Å². The molecule has 2 aromatic heterocycles. The van der Waals surface area contributed by atoms with Crippen LogP contribution in [0, 0.1) is 57.0 Å². The van der Waals surface area contributed by atoms with Crippen molar-refractivity contribution in [1.29, 1.82) is 21.0 Å². The summed E-state index contributed by atoms with van der Waals surface area (Å²) in [7, 11) is 0. The van der Waals surface area contributed by atoms with Crippen LogP contribution in [0.2, 0.25) is 0 Å². The van der Waals surface area contributed by atoms with Gasteiger partial charge in [-0.3, -0.25) is 9.59 Å². The summed E-state index contributed by atoms with van der Waals surface area (Å²) in [5.74, 6) is -1.94. The molecule has 10 heteroatoms. The van der Waals surface area contributed by atoms with Crippen LogP contribution in [0.4, 0.5) is 8.78 Å². The van der Waals surface area contributed by atoms with Gasteiger partial charge >= 0.3 is 0 Å². The third kappa shape index (κ3) is 12.4. The number of fused-ring (bicyclic) bond motifs is 8. The lowest BCUT2D eigenvalue weighted by Crippen LogP contribution is -2.30. The van der Waals surface area contributed by atoms with Crippen LogP contribution in [-0.4, -0.2) is 11.6 Å². The van der Waals surface area contributed by atoms with Crippen molar-refractivity contribution in [2.45, 2.75) is 167 Å². The standard InChI is InChI=1S/C90H80F2N4O2S2/c1-5-9-13-17-21-57-25-33-63(34-26-57)89(64-35-27-58(28-36-64)22-18-14-10-6-2)79-51-76-80(52-75(79)87-81(89)49-69(99-87)47-77-83(61(53-93)54-94)73-45-67(91)41-43-71(73)85(77)97)90(65-37-29-59(30-38-65)23-19-15-11-7-3,66-39-31-60(32-40-66)24-20-16-12-8-4)82-50-70(100-88(76)82)48-78-84(62(55-95)56-96)74-46-68(92)42-44-72(74)86(78)98/h25-52H,5-24H2,1-4H3/b77-47-,78-48-. The molecule has 498 valence electrons. The number of unbranched alkanes of at least 4 members (excludes halogenated alkanes) is 12. The Labute approximate surface area is 595 Å². The number of benzene rings is 7. The minimum Gasteiger partial charge on any atom is -0.289 e. The number of carbonyl (C=O) groups excluding carboxylic acids is 2. The molecule has 0 fully saturated rings. The van der Waals surface area contributed by atoms with Crippen LogP contribution in [0.25, 0.3) is 44.2 Å². The van der Waals surface area contributed by atoms with E-state index in [1.165, 1.54) is 84.3 Å². The molecule has 6 nitrogen and oxygen atoms in total. The van der Waals surface area contributed by atoms with E-state index in [4.69, 9.17) is 0 Å². The number of aryl methyl sites for hydroxylation is 4. The van der Waals surface area contributed by atoms with E-state index in [9.17, 15) is 30.6 Å². The summed E-state index contributed by atoms with van der Waals surface area (Å²) >= 11 is 3.13. The fourth-order valence-corrected chi connectivity index (χ4v) is 18.5. The molecule has 0 amide bonds. The van der Waals surface area contributed by atoms with E-state index in [0.29, 0.717) is 0 Å². The van der Waals surface area contributed by atoms with Crippen molar-refractivity contribution < 1.29 is 18.4 Å². The average Bonchev–Trinajstić information content (AvgIpc) is 1.50. The van der Waals surface area contributed by atoms with Crippen molar-refractivity contribution in [3.8, 4) is 45.2 Å². The monoisotopic (exact) mass is 1350 g/mol. The summed E-state index contributed by atoms with van der Waals surface area (Å²) in [6.45, 7) is 8.93. The summed E-state index contributed by atoms with van der Waals surface area (Å²) in [6, 6.07) is 61.9. The zero-order valence-corrected chi connectivity index (χ0v) is 59.1. The maximum Gasteiger partial charge on any atom is 0.194 e. The van der Waals surface area contributed by atoms with Gasteiger partial charge in [-0.15, -0.1) is 22.7 Å². The molecule has 0 radical (unpaired) electrons. The summed E-state index contributed by atoms with van der Waals surface area (Å²) in [4.78, 5) is 33.1. The Morgan fingerprint density at radius 1 is 0.360 bits per heavy atom. The fraction of sp³-hybridized carbons (Fsp3) is 0.289.